The molecule has 0 aliphatic rings. The maximum atomic E-state index is 12.5. The van der Waals surface area contributed by atoms with Crippen molar-refractivity contribution in [3.8, 4) is 0 Å². The van der Waals surface area contributed by atoms with Gasteiger partial charge in [0.25, 0.3) is 11.8 Å². The van der Waals surface area contributed by atoms with Crippen LogP contribution in [0.2, 0.25) is 0 Å². The molecule has 0 saturated heterocycles. The van der Waals surface area contributed by atoms with Gasteiger partial charge in [0.15, 0.2) is 6.61 Å². The van der Waals surface area contributed by atoms with Crippen molar-refractivity contribution in [3.63, 3.8) is 0 Å². The number of para-hydroxylation sites is 1. The van der Waals surface area contributed by atoms with E-state index >= 15 is 0 Å². The third-order valence-electron chi connectivity index (χ3n) is 4.34. The van der Waals surface area contributed by atoms with Gasteiger partial charge < -0.3 is 24.7 Å². The first-order chi connectivity index (χ1) is 14.9. The fourth-order valence-electron chi connectivity index (χ4n) is 2.77. The molecule has 0 spiro atoms. The lowest BCUT2D eigenvalue weighted by Gasteiger charge is -2.12. The number of amides is 2. The standard InChI is InChI=1S/C23H23N3O5/c1-26(2)22(28)16-9-11-17(12-10-16)25-21(27)15-31-23(29)19-7-3-4-8-20(19)24-14-18-6-5-13-30-18/h3-13,24H,14-15H2,1-2H3,(H,25,27). The van der Waals surface area contributed by atoms with Crippen molar-refractivity contribution >= 4 is 29.2 Å². The van der Waals surface area contributed by atoms with Gasteiger partial charge in [0.2, 0.25) is 0 Å². The molecule has 0 saturated carbocycles. The number of nitrogens with zero attached hydrogens (tertiary/aromatic N) is 1. The minimum absolute atomic E-state index is 0.133. The number of anilines is 2. The van der Waals surface area contributed by atoms with Crippen molar-refractivity contribution in [1.82, 2.24) is 4.90 Å². The average molecular weight is 421 g/mol. The Labute approximate surface area is 179 Å². The molecule has 160 valence electrons. The monoisotopic (exact) mass is 421 g/mol. The van der Waals surface area contributed by atoms with E-state index in [0.717, 1.165) is 5.76 Å². The highest BCUT2D eigenvalue weighted by atomic mass is 16.5. The number of esters is 1. The molecule has 1 heterocycles. The van der Waals surface area contributed by atoms with Gasteiger partial charge in [-0.25, -0.2) is 4.79 Å². The fourth-order valence-corrected chi connectivity index (χ4v) is 2.77. The van der Waals surface area contributed by atoms with Gasteiger partial charge in [-0.1, -0.05) is 12.1 Å². The average Bonchev–Trinajstić information content (AvgIpc) is 3.30. The van der Waals surface area contributed by atoms with Gasteiger partial charge in [0.1, 0.15) is 5.76 Å². The molecule has 2 aromatic carbocycles. The molecule has 0 unspecified atom stereocenters. The summed E-state index contributed by atoms with van der Waals surface area (Å²) >= 11 is 0. The van der Waals surface area contributed by atoms with Gasteiger partial charge in [0, 0.05) is 31.0 Å². The van der Waals surface area contributed by atoms with Crippen LogP contribution in [0.25, 0.3) is 0 Å². The Bertz CT molecular complexity index is 1040. The lowest BCUT2D eigenvalue weighted by molar-refractivity contribution is -0.119. The van der Waals surface area contributed by atoms with E-state index in [-0.39, 0.29) is 5.91 Å². The summed E-state index contributed by atoms with van der Waals surface area (Å²) in [5, 5.41) is 5.75. The van der Waals surface area contributed by atoms with Crippen molar-refractivity contribution in [2.24, 2.45) is 0 Å². The van der Waals surface area contributed by atoms with Gasteiger partial charge in [-0.3, -0.25) is 9.59 Å². The number of carbonyl (C=O) groups is 3. The first-order valence-corrected chi connectivity index (χ1v) is 9.58. The van der Waals surface area contributed by atoms with Gasteiger partial charge in [-0.2, -0.15) is 0 Å². The summed E-state index contributed by atoms with van der Waals surface area (Å²) in [5.74, 6) is -0.516. The Hall–Kier alpha value is -4.07. The largest absolute Gasteiger partial charge is 0.467 e. The number of furan rings is 1. The van der Waals surface area contributed by atoms with Crippen molar-refractivity contribution in [2.45, 2.75) is 6.54 Å². The van der Waals surface area contributed by atoms with Crippen molar-refractivity contribution < 1.29 is 23.5 Å². The summed E-state index contributed by atoms with van der Waals surface area (Å²) in [6.45, 7) is -0.0339. The third-order valence-corrected chi connectivity index (χ3v) is 4.34. The van der Waals surface area contributed by atoms with Crippen LogP contribution >= 0.6 is 0 Å². The number of hydrogen-bond acceptors (Lipinski definition) is 6. The van der Waals surface area contributed by atoms with Crippen LogP contribution in [0.3, 0.4) is 0 Å². The zero-order valence-corrected chi connectivity index (χ0v) is 17.3. The van der Waals surface area contributed by atoms with Gasteiger partial charge in [-0.15, -0.1) is 0 Å². The summed E-state index contributed by atoms with van der Waals surface area (Å²) < 4.78 is 10.4. The molecular formula is C23H23N3O5. The minimum atomic E-state index is -0.621. The van der Waals surface area contributed by atoms with Crippen LogP contribution in [-0.2, 0) is 16.1 Å². The second-order valence-electron chi connectivity index (χ2n) is 6.88. The second kappa shape index (κ2) is 10.1. The predicted molar refractivity (Wildman–Crippen MR) is 116 cm³/mol. The van der Waals surface area contributed by atoms with Crippen LogP contribution in [0, 0.1) is 0 Å². The van der Waals surface area contributed by atoms with E-state index in [1.807, 2.05) is 6.07 Å². The van der Waals surface area contributed by atoms with Crippen LogP contribution in [0.4, 0.5) is 11.4 Å². The summed E-state index contributed by atoms with van der Waals surface area (Å²) in [4.78, 5) is 38.0. The van der Waals surface area contributed by atoms with Crippen LogP contribution < -0.4 is 10.6 Å². The van der Waals surface area contributed by atoms with Crippen molar-refractivity contribution in [1.29, 1.82) is 0 Å². The molecule has 0 radical (unpaired) electrons. The topological polar surface area (TPSA) is 101 Å². The molecule has 0 fully saturated rings. The highest BCUT2D eigenvalue weighted by Crippen LogP contribution is 2.18. The Kier molecular flexibility index (Phi) is 7.05. The number of hydrogen-bond donors (Lipinski definition) is 2. The lowest BCUT2D eigenvalue weighted by atomic mass is 10.2. The fraction of sp³-hybridized carbons (Fsp3) is 0.174. The van der Waals surface area contributed by atoms with E-state index in [1.165, 1.54) is 4.90 Å². The molecule has 8 nitrogen and oxygen atoms in total. The first-order valence-electron chi connectivity index (χ1n) is 9.58. The number of nitrogens with one attached hydrogen (secondary N) is 2. The third kappa shape index (κ3) is 5.96. The zero-order valence-electron chi connectivity index (χ0n) is 17.3. The van der Waals surface area contributed by atoms with Crippen LogP contribution in [-0.4, -0.2) is 43.4 Å². The smallest absolute Gasteiger partial charge is 0.340 e. The molecule has 0 atom stereocenters. The normalized spacial score (nSPS) is 10.3. The molecule has 2 N–H and O–H groups in total. The number of ether oxygens (including phenoxy) is 1. The molecule has 1 aromatic heterocycles. The number of benzene rings is 2. The first kappa shape index (κ1) is 21.6. The Morgan fingerprint density at radius 3 is 2.39 bits per heavy atom. The van der Waals surface area contributed by atoms with E-state index in [4.69, 9.17) is 9.15 Å². The molecule has 3 rings (SSSR count). The molecular weight excluding hydrogens is 398 g/mol. The van der Waals surface area contributed by atoms with Gasteiger partial charge in [0.05, 0.1) is 18.4 Å². The Balaban J connectivity index is 1.53. The van der Waals surface area contributed by atoms with Crippen molar-refractivity contribution in [2.75, 3.05) is 31.3 Å². The molecule has 0 aliphatic carbocycles. The Morgan fingerprint density at radius 2 is 1.71 bits per heavy atom. The SMILES string of the molecule is CN(C)C(=O)c1ccc(NC(=O)COC(=O)c2ccccc2NCc2ccco2)cc1. The molecule has 3 aromatic rings. The maximum Gasteiger partial charge on any atom is 0.340 e. The van der Waals surface area contributed by atoms with Gasteiger partial charge >= 0.3 is 5.97 Å². The summed E-state index contributed by atoms with van der Waals surface area (Å²) in [6, 6.07) is 16.9. The van der Waals surface area contributed by atoms with Crippen molar-refractivity contribution in [3.05, 3.63) is 83.8 Å². The highest BCUT2D eigenvalue weighted by Gasteiger charge is 2.15. The summed E-state index contributed by atoms with van der Waals surface area (Å²) in [5.41, 5.74) is 1.89. The van der Waals surface area contributed by atoms with Crippen LogP contribution in [0.1, 0.15) is 26.5 Å². The quantitative estimate of drug-likeness (QED) is 0.541. The number of rotatable bonds is 8. The van der Waals surface area contributed by atoms with E-state index in [9.17, 15) is 14.4 Å². The second-order valence-corrected chi connectivity index (χ2v) is 6.88. The summed E-state index contributed by atoms with van der Waals surface area (Å²) in [7, 11) is 3.33. The minimum Gasteiger partial charge on any atom is -0.467 e. The molecule has 2 amide bonds. The van der Waals surface area contributed by atoms with E-state index in [2.05, 4.69) is 10.6 Å². The molecule has 8 heteroatoms. The predicted octanol–water partition coefficient (Wildman–Crippen LogP) is 3.39. The highest BCUT2D eigenvalue weighted by molar-refractivity contribution is 5.99. The number of carbonyl (C=O) groups excluding carboxylic acids is 3. The van der Waals surface area contributed by atoms with Crippen LogP contribution in [0.5, 0.6) is 0 Å². The lowest BCUT2D eigenvalue weighted by Crippen LogP contribution is -2.22. The molecule has 0 bridgehead atoms. The maximum absolute atomic E-state index is 12.5. The van der Waals surface area contributed by atoms with E-state index < -0.39 is 18.5 Å². The zero-order chi connectivity index (χ0) is 22.2. The summed E-state index contributed by atoms with van der Waals surface area (Å²) in [6.07, 6.45) is 1.57. The van der Waals surface area contributed by atoms with E-state index in [0.29, 0.717) is 29.0 Å². The molecule has 0 aliphatic heterocycles. The van der Waals surface area contributed by atoms with E-state index in [1.54, 1.807) is 75.0 Å². The van der Waals surface area contributed by atoms with Gasteiger partial charge in [-0.05, 0) is 48.5 Å². The van der Waals surface area contributed by atoms with Crippen LogP contribution in [0.15, 0.2) is 71.3 Å². The molecule has 31 heavy (non-hydrogen) atoms. The Morgan fingerprint density at radius 1 is 0.968 bits per heavy atom.